The number of carbonyl (C=O) groups is 2. The maximum atomic E-state index is 12.5. The minimum Gasteiger partial charge on any atom is -0.444 e. The third-order valence-electron chi connectivity index (χ3n) is 4.74. The highest BCUT2D eigenvalue weighted by Crippen LogP contribution is 2.20. The second-order valence-electron chi connectivity index (χ2n) is 8.16. The number of hydrogen-bond donors (Lipinski definition) is 1. The Labute approximate surface area is 166 Å². The summed E-state index contributed by atoms with van der Waals surface area (Å²) in [5, 5.41) is 3.08. The van der Waals surface area contributed by atoms with Gasteiger partial charge >= 0.3 is 6.09 Å². The highest BCUT2D eigenvalue weighted by Gasteiger charge is 2.27. The largest absolute Gasteiger partial charge is 0.444 e. The molecule has 0 spiro atoms. The van der Waals surface area contributed by atoms with Crippen LogP contribution >= 0.6 is 0 Å². The van der Waals surface area contributed by atoms with Crippen LogP contribution in [0.3, 0.4) is 0 Å². The summed E-state index contributed by atoms with van der Waals surface area (Å²) in [5.74, 6) is -0.0738. The molecule has 0 aromatic heterocycles. The van der Waals surface area contributed by atoms with E-state index in [1.165, 1.54) is 0 Å². The van der Waals surface area contributed by atoms with Gasteiger partial charge in [0.1, 0.15) is 5.60 Å². The van der Waals surface area contributed by atoms with Gasteiger partial charge in [-0.15, -0.1) is 0 Å². The van der Waals surface area contributed by atoms with Crippen molar-refractivity contribution in [1.29, 1.82) is 0 Å². The third-order valence-corrected chi connectivity index (χ3v) is 4.74. The number of benzene rings is 2. The van der Waals surface area contributed by atoms with Gasteiger partial charge in [0.25, 0.3) is 5.91 Å². The van der Waals surface area contributed by atoms with E-state index in [1.807, 2.05) is 75.4 Å². The molecule has 1 aliphatic rings. The van der Waals surface area contributed by atoms with Crippen LogP contribution in [0.4, 0.5) is 4.79 Å². The predicted molar refractivity (Wildman–Crippen MR) is 110 cm³/mol. The summed E-state index contributed by atoms with van der Waals surface area (Å²) in [4.78, 5) is 26.4. The summed E-state index contributed by atoms with van der Waals surface area (Å²) in [6.07, 6.45) is 1.17. The predicted octanol–water partition coefficient (Wildman–Crippen LogP) is 4.48. The lowest BCUT2D eigenvalue weighted by atomic mass is 10.0. The lowest BCUT2D eigenvalue weighted by Gasteiger charge is -2.33. The van der Waals surface area contributed by atoms with Gasteiger partial charge in [0, 0.05) is 24.7 Å². The number of piperidine rings is 1. The monoisotopic (exact) mass is 380 g/mol. The van der Waals surface area contributed by atoms with E-state index in [0.29, 0.717) is 18.7 Å². The van der Waals surface area contributed by atoms with Gasteiger partial charge in [-0.2, -0.15) is 0 Å². The molecule has 0 atom stereocenters. The SMILES string of the molecule is CC(C)(C)OC(=O)N1CCC(NC(=O)c2ccc(-c3ccccc3)cc2)CC1. The number of carbonyl (C=O) groups excluding carboxylic acids is 2. The summed E-state index contributed by atoms with van der Waals surface area (Å²) < 4.78 is 5.41. The molecule has 0 unspecified atom stereocenters. The van der Waals surface area contributed by atoms with E-state index in [4.69, 9.17) is 4.74 Å². The molecule has 1 heterocycles. The molecule has 0 bridgehead atoms. The maximum Gasteiger partial charge on any atom is 0.410 e. The van der Waals surface area contributed by atoms with Gasteiger partial charge in [-0.25, -0.2) is 4.79 Å². The molecule has 5 nitrogen and oxygen atoms in total. The van der Waals surface area contributed by atoms with Gasteiger partial charge in [-0.1, -0.05) is 42.5 Å². The first-order valence-electron chi connectivity index (χ1n) is 9.76. The summed E-state index contributed by atoms with van der Waals surface area (Å²) >= 11 is 0. The molecule has 3 rings (SSSR count). The Bertz CT molecular complexity index is 802. The van der Waals surface area contributed by atoms with Crippen LogP contribution in [-0.4, -0.2) is 41.6 Å². The average Bonchev–Trinajstić information content (AvgIpc) is 2.68. The van der Waals surface area contributed by atoms with Crippen molar-refractivity contribution in [1.82, 2.24) is 10.2 Å². The van der Waals surface area contributed by atoms with Crippen molar-refractivity contribution < 1.29 is 14.3 Å². The molecule has 28 heavy (non-hydrogen) atoms. The quantitative estimate of drug-likeness (QED) is 0.854. The van der Waals surface area contributed by atoms with E-state index in [9.17, 15) is 9.59 Å². The highest BCUT2D eigenvalue weighted by atomic mass is 16.6. The minimum atomic E-state index is -0.492. The Morgan fingerprint density at radius 2 is 1.50 bits per heavy atom. The Hall–Kier alpha value is -2.82. The highest BCUT2D eigenvalue weighted by molar-refractivity contribution is 5.94. The van der Waals surface area contributed by atoms with E-state index in [0.717, 1.165) is 24.0 Å². The number of rotatable bonds is 3. The second kappa shape index (κ2) is 8.46. The summed E-state index contributed by atoms with van der Waals surface area (Å²) in [6.45, 7) is 6.77. The zero-order valence-electron chi connectivity index (χ0n) is 16.8. The zero-order chi connectivity index (χ0) is 20.1. The molecule has 2 aromatic rings. The molecule has 0 saturated carbocycles. The van der Waals surface area contributed by atoms with Gasteiger partial charge in [0.2, 0.25) is 0 Å². The first kappa shape index (κ1) is 19.9. The number of ether oxygens (including phenoxy) is 1. The Balaban J connectivity index is 1.51. The van der Waals surface area contributed by atoms with Crippen LogP contribution in [0.5, 0.6) is 0 Å². The standard InChI is InChI=1S/C23H28N2O3/c1-23(2,3)28-22(27)25-15-13-20(14-16-25)24-21(26)19-11-9-18(10-12-19)17-7-5-4-6-8-17/h4-12,20H,13-16H2,1-3H3,(H,24,26). The van der Waals surface area contributed by atoms with Crippen LogP contribution in [0.1, 0.15) is 44.0 Å². The number of nitrogens with zero attached hydrogens (tertiary/aromatic N) is 1. The number of hydrogen-bond acceptors (Lipinski definition) is 3. The summed E-state index contributed by atoms with van der Waals surface area (Å²) in [5.41, 5.74) is 2.37. The van der Waals surface area contributed by atoms with E-state index in [-0.39, 0.29) is 18.0 Å². The normalized spacial score (nSPS) is 15.2. The number of likely N-dealkylation sites (tertiary alicyclic amines) is 1. The van der Waals surface area contributed by atoms with Crippen molar-refractivity contribution in [3.05, 3.63) is 60.2 Å². The third kappa shape index (κ3) is 5.35. The first-order valence-corrected chi connectivity index (χ1v) is 9.76. The van der Waals surface area contributed by atoms with Crippen molar-refractivity contribution in [2.45, 2.75) is 45.3 Å². The smallest absolute Gasteiger partial charge is 0.410 e. The van der Waals surface area contributed by atoms with Crippen LogP contribution in [-0.2, 0) is 4.74 Å². The molecule has 2 aromatic carbocycles. The molecule has 148 valence electrons. The molecule has 0 radical (unpaired) electrons. The maximum absolute atomic E-state index is 12.5. The van der Waals surface area contributed by atoms with Crippen molar-refractivity contribution in [2.75, 3.05) is 13.1 Å². The van der Waals surface area contributed by atoms with Crippen molar-refractivity contribution in [2.24, 2.45) is 0 Å². The van der Waals surface area contributed by atoms with Crippen molar-refractivity contribution in [3.63, 3.8) is 0 Å². The lowest BCUT2D eigenvalue weighted by molar-refractivity contribution is 0.0199. The van der Waals surface area contributed by atoms with E-state index >= 15 is 0 Å². The molecular formula is C23H28N2O3. The van der Waals surface area contributed by atoms with Gasteiger partial charge < -0.3 is 15.0 Å². The molecule has 5 heteroatoms. The van der Waals surface area contributed by atoms with Crippen LogP contribution in [0.2, 0.25) is 0 Å². The number of nitrogens with one attached hydrogen (secondary N) is 1. The zero-order valence-corrected chi connectivity index (χ0v) is 16.8. The molecule has 0 aliphatic carbocycles. The Morgan fingerprint density at radius 3 is 2.07 bits per heavy atom. The van der Waals surface area contributed by atoms with E-state index in [2.05, 4.69) is 5.32 Å². The lowest BCUT2D eigenvalue weighted by Crippen LogP contribution is -2.47. The average molecular weight is 380 g/mol. The minimum absolute atomic E-state index is 0.0694. The van der Waals surface area contributed by atoms with Crippen LogP contribution < -0.4 is 5.32 Å². The molecule has 1 saturated heterocycles. The van der Waals surface area contributed by atoms with Gasteiger partial charge in [0.05, 0.1) is 0 Å². The van der Waals surface area contributed by atoms with Gasteiger partial charge in [-0.3, -0.25) is 4.79 Å². The summed E-state index contributed by atoms with van der Waals surface area (Å²) in [6, 6.07) is 17.8. The second-order valence-corrected chi connectivity index (χ2v) is 8.16. The first-order chi connectivity index (χ1) is 13.3. The van der Waals surface area contributed by atoms with Crippen LogP contribution in [0.15, 0.2) is 54.6 Å². The van der Waals surface area contributed by atoms with E-state index in [1.54, 1.807) is 4.90 Å². The number of amides is 2. The Morgan fingerprint density at radius 1 is 0.929 bits per heavy atom. The van der Waals surface area contributed by atoms with Crippen molar-refractivity contribution in [3.8, 4) is 11.1 Å². The van der Waals surface area contributed by atoms with Gasteiger partial charge in [0.15, 0.2) is 0 Å². The van der Waals surface area contributed by atoms with Crippen LogP contribution in [0.25, 0.3) is 11.1 Å². The fraction of sp³-hybridized carbons (Fsp3) is 0.391. The molecular weight excluding hydrogens is 352 g/mol. The Kier molecular flexibility index (Phi) is 6.02. The molecule has 1 N–H and O–H groups in total. The summed E-state index contributed by atoms with van der Waals surface area (Å²) in [7, 11) is 0. The van der Waals surface area contributed by atoms with E-state index < -0.39 is 5.60 Å². The molecule has 1 fully saturated rings. The van der Waals surface area contributed by atoms with Gasteiger partial charge in [-0.05, 0) is 56.9 Å². The fourth-order valence-electron chi connectivity index (χ4n) is 3.25. The fourth-order valence-corrected chi connectivity index (χ4v) is 3.25. The molecule has 1 aliphatic heterocycles. The topological polar surface area (TPSA) is 58.6 Å². The van der Waals surface area contributed by atoms with Crippen LogP contribution in [0, 0.1) is 0 Å². The molecule has 2 amide bonds. The van der Waals surface area contributed by atoms with Crippen molar-refractivity contribution >= 4 is 12.0 Å².